The van der Waals surface area contributed by atoms with Crippen LogP contribution in [0.1, 0.15) is 0 Å². The molecule has 0 fully saturated rings. The lowest BCUT2D eigenvalue weighted by molar-refractivity contribution is 0.112. The molecule has 0 amide bonds. The number of ether oxygens (including phenoxy) is 2. The third-order valence-electron chi connectivity index (χ3n) is 3.13. The van der Waals surface area contributed by atoms with E-state index in [9.17, 15) is 0 Å². The number of nitrogen functional groups attached to an aromatic ring is 1. The van der Waals surface area contributed by atoms with Crippen LogP contribution < -0.4 is 10.5 Å². The molecule has 0 radical (unpaired) electrons. The highest BCUT2D eigenvalue weighted by atomic mass is 16.5. The largest absolute Gasteiger partial charge is 0.497 e. The Kier molecular flexibility index (Phi) is 4.81. The monoisotopic (exact) mass is 278 g/mol. The van der Waals surface area contributed by atoms with E-state index in [4.69, 9.17) is 15.2 Å². The molecule has 0 spiro atoms. The van der Waals surface area contributed by atoms with Crippen molar-refractivity contribution in [2.24, 2.45) is 0 Å². The maximum Gasteiger partial charge on any atom is 0.201 e. The Morgan fingerprint density at radius 2 is 2.10 bits per heavy atom. The van der Waals surface area contributed by atoms with E-state index in [2.05, 4.69) is 9.88 Å². The summed E-state index contributed by atoms with van der Waals surface area (Å²) < 4.78 is 12.7. The molecule has 2 N–H and O–H groups in total. The molecule has 0 aliphatic rings. The van der Waals surface area contributed by atoms with Crippen LogP contribution in [0.3, 0.4) is 0 Å². The van der Waals surface area contributed by atoms with Crippen LogP contribution >= 0.6 is 0 Å². The smallest absolute Gasteiger partial charge is 0.201 e. The lowest BCUT2D eigenvalue weighted by Gasteiger charge is -2.11. The van der Waals surface area contributed by atoms with Gasteiger partial charge >= 0.3 is 0 Å². The van der Waals surface area contributed by atoms with Gasteiger partial charge in [0, 0.05) is 19.2 Å². The Balaban J connectivity index is 2.01. The molecule has 2 aromatic rings. The van der Waals surface area contributed by atoms with Crippen LogP contribution in [0, 0.1) is 0 Å². The van der Waals surface area contributed by atoms with Gasteiger partial charge in [-0.05, 0) is 26.2 Å². The summed E-state index contributed by atoms with van der Waals surface area (Å²) in [5.74, 6) is 1.29. The van der Waals surface area contributed by atoms with Crippen molar-refractivity contribution in [3.05, 3.63) is 18.2 Å². The molecule has 6 heteroatoms. The first-order valence-corrected chi connectivity index (χ1v) is 6.64. The average molecular weight is 278 g/mol. The fourth-order valence-electron chi connectivity index (χ4n) is 2.00. The normalized spacial score (nSPS) is 11.4. The summed E-state index contributed by atoms with van der Waals surface area (Å²) in [6.07, 6.45) is 0. The molecule has 0 atom stereocenters. The van der Waals surface area contributed by atoms with E-state index in [1.165, 1.54) is 0 Å². The van der Waals surface area contributed by atoms with Gasteiger partial charge in [0.25, 0.3) is 0 Å². The molecule has 1 heterocycles. The van der Waals surface area contributed by atoms with E-state index in [0.29, 0.717) is 25.7 Å². The third kappa shape index (κ3) is 3.40. The second-order valence-electron chi connectivity index (χ2n) is 4.89. The SMILES string of the molecule is COc1ccc2c(c1)nc(N)n2CCOCCN(C)C. The first kappa shape index (κ1) is 14.6. The molecular formula is C14H22N4O2. The van der Waals surface area contributed by atoms with E-state index in [-0.39, 0.29) is 0 Å². The van der Waals surface area contributed by atoms with Gasteiger partial charge in [-0.15, -0.1) is 0 Å². The predicted molar refractivity (Wildman–Crippen MR) is 80.1 cm³/mol. The fraction of sp³-hybridized carbons (Fsp3) is 0.500. The van der Waals surface area contributed by atoms with Crippen molar-refractivity contribution in [2.75, 3.05) is 46.7 Å². The van der Waals surface area contributed by atoms with Crippen LogP contribution in [0.4, 0.5) is 5.95 Å². The molecule has 1 aromatic heterocycles. The Morgan fingerprint density at radius 1 is 1.30 bits per heavy atom. The minimum absolute atomic E-state index is 0.504. The van der Waals surface area contributed by atoms with E-state index in [0.717, 1.165) is 23.3 Å². The Morgan fingerprint density at radius 3 is 2.80 bits per heavy atom. The van der Waals surface area contributed by atoms with E-state index in [1.807, 2.05) is 36.9 Å². The quantitative estimate of drug-likeness (QED) is 0.771. The van der Waals surface area contributed by atoms with Crippen molar-refractivity contribution in [2.45, 2.75) is 6.54 Å². The summed E-state index contributed by atoms with van der Waals surface area (Å²) in [5.41, 5.74) is 7.80. The van der Waals surface area contributed by atoms with Crippen LogP contribution in [0.25, 0.3) is 11.0 Å². The zero-order valence-electron chi connectivity index (χ0n) is 12.3. The van der Waals surface area contributed by atoms with Gasteiger partial charge in [-0.2, -0.15) is 0 Å². The number of aromatic nitrogens is 2. The van der Waals surface area contributed by atoms with Gasteiger partial charge in [-0.25, -0.2) is 4.98 Å². The number of nitrogens with two attached hydrogens (primary N) is 1. The van der Waals surface area contributed by atoms with Crippen LogP contribution in [-0.2, 0) is 11.3 Å². The Bertz CT molecular complexity index is 566. The van der Waals surface area contributed by atoms with Crippen molar-refractivity contribution >= 4 is 17.0 Å². The van der Waals surface area contributed by atoms with Gasteiger partial charge < -0.3 is 24.7 Å². The molecule has 0 aliphatic heterocycles. The third-order valence-corrected chi connectivity index (χ3v) is 3.13. The van der Waals surface area contributed by atoms with Gasteiger partial charge in [-0.1, -0.05) is 0 Å². The van der Waals surface area contributed by atoms with Crippen LogP contribution in [0.2, 0.25) is 0 Å². The molecule has 20 heavy (non-hydrogen) atoms. The molecule has 6 nitrogen and oxygen atoms in total. The number of fused-ring (bicyclic) bond motifs is 1. The Hall–Kier alpha value is -1.79. The van der Waals surface area contributed by atoms with Gasteiger partial charge in [-0.3, -0.25) is 0 Å². The molecule has 0 bridgehead atoms. The number of likely N-dealkylation sites (N-methyl/N-ethyl adjacent to an activating group) is 1. The molecule has 0 aliphatic carbocycles. The Labute approximate surface area is 119 Å². The molecular weight excluding hydrogens is 256 g/mol. The van der Waals surface area contributed by atoms with E-state index < -0.39 is 0 Å². The molecule has 0 saturated heterocycles. The highest BCUT2D eigenvalue weighted by Crippen LogP contribution is 2.22. The average Bonchev–Trinajstić information content (AvgIpc) is 2.73. The van der Waals surface area contributed by atoms with Gasteiger partial charge in [0.15, 0.2) is 0 Å². The van der Waals surface area contributed by atoms with Crippen molar-refractivity contribution in [3.63, 3.8) is 0 Å². The fourth-order valence-corrected chi connectivity index (χ4v) is 2.00. The van der Waals surface area contributed by atoms with Crippen molar-refractivity contribution < 1.29 is 9.47 Å². The maximum absolute atomic E-state index is 5.96. The molecule has 0 saturated carbocycles. The lowest BCUT2D eigenvalue weighted by atomic mass is 10.3. The van der Waals surface area contributed by atoms with E-state index >= 15 is 0 Å². The summed E-state index contributed by atoms with van der Waals surface area (Å²) in [5, 5.41) is 0. The number of rotatable bonds is 7. The summed E-state index contributed by atoms with van der Waals surface area (Å²) >= 11 is 0. The minimum Gasteiger partial charge on any atom is -0.497 e. The number of imidazole rings is 1. The highest BCUT2D eigenvalue weighted by molar-refractivity contribution is 5.79. The lowest BCUT2D eigenvalue weighted by Crippen LogP contribution is -2.19. The standard InChI is InChI=1S/C14H22N4O2/c1-17(2)6-8-20-9-7-18-13-5-4-11(19-3)10-12(13)16-14(18)15/h4-5,10H,6-9H2,1-3H3,(H2,15,16). The second-order valence-corrected chi connectivity index (χ2v) is 4.89. The number of hydrogen-bond acceptors (Lipinski definition) is 5. The van der Waals surface area contributed by atoms with Crippen LogP contribution in [0.5, 0.6) is 5.75 Å². The topological polar surface area (TPSA) is 65.5 Å². The predicted octanol–water partition coefficient (Wildman–Crippen LogP) is 1.21. The maximum atomic E-state index is 5.96. The van der Waals surface area contributed by atoms with Gasteiger partial charge in [0.2, 0.25) is 5.95 Å². The first-order chi connectivity index (χ1) is 9.61. The first-order valence-electron chi connectivity index (χ1n) is 6.64. The number of nitrogens with zero attached hydrogens (tertiary/aromatic N) is 3. The molecule has 110 valence electrons. The summed E-state index contributed by atoms with van der Waals surface area (Å²) in [7, 11) is 5.69. The van der Waals surface area contributed by atoms with Crippen molar-refractivity contribution in [1.29, 1.82) is 0 Å². The number of methoxy groups -OCH3 is 1. The summed E-state index contributed by atoms with van der Waals surface area (Å²) in [6.45, 7) is 2.95. The van der Waals surface area contributed by atoms with Gasteiger partial charge in [0.05, 0.1) is 31.4 Å². The number of anilines is 1. The zero-order valence-corrected chi connectivity index (χ0v) is 12.3. The van der Waals surface area contributed by atoms with E-state index in [1.54, 1.807) is 7.11 Å². The molecule has 2 rings (SSSR count). The minimum atomic E-state index is 0.504. The zero-order chi connectivity index (χ0) is 14.5. The number of benzene rings is 1. The number of hydrogen-bond donors (Lipinski definition) is 1. The van der Waals surface area contributed by atoms with Crippen molar-refractivity contribution in [1.82, 2.24) is 14.5 Å². The second kappa shape index (κ2) is 6.58. The van der Waals surface area contributed by atoms with Crippen molar-refractivity contribution in [3.8, 4) is 5.75 Å². The van der Waals surface area contributed by atoms with Crippen LogP contribution in [0.15, 0.2) is 18.2 Å². The van der Waals surface area contributed by atoms with Crippen LogP contribution in [-0.4, -0.2) is 55.4 Å². The molecule has 1 aromatic carbocycles. The highest BCUT2D eigenvalue weighted by Gasteiger charge is 2.08. The summed E-state index contributed by atoms with van der Waals surface area (Å²) in [6, 6.07) is 5.76. The van der Waals surface area contributed by atoms with Gasteiger partial charge in [0.1, 0.15) is 5.75 Å². The molecule has 0 unspecified atom stereocenters. The summed E-state index contributed by atoms with van der Waals surface area (Å²) in [4.78, 5) is 6.44.